The SMILES string of the molecule is CC.Cc1cccc2sc(-c3ccc(N=Nc4ccccc4O)cc3)nc12. The highest BCUT2D eigenvalue weighted by Gasteiger charge is 2.07. The van der Waals surface area contributed by atoms with Gasteiger partial charge < -0.3 is 5.11 Å². The maximum Gasteiger partial charge on any atom is 0.143 e. The number of benzene rings is 3. The fraction of sp³-hybridized carbons (Fsp3) is 0.136. The lowest BCUT2D eigenvalue weighted by Gasteiger charge is -1.98. The lowest BCUT2D eigenvalue weighted by molar-refractivity contribution is 0.476. The van der Waals surface area contributed by atoms with Crippen LogP contribution >= 0.6 is 11.3 Å². The van der Waals surface area contributed by atoms with E-state index >= 15 is 0 Å². The molecule has 0 saturated heterocycles. The Hall–Kier alpha value is -3.05. The number of fused-ring (bicyclic) bond motifs is 1. The van der Waals surface area contributed by atoms with E-state index in [-0.39, 0.29) is 5.75 Å². The van der Waals surface area contributed by atoms with Crippen molar-refractivity contribution in [1.29, 1.82) is 0 Å². The first-order valence-corrected chi connectivity index (χ1v) is 9.69. The van der Waals surface area contributed by atoms with Crippen molar-refractivity contribution < 1.29 is 5.11 Å². The Morgan fingerprint density at radius 3 is 2.30 bits per heavy atom. The molecule has 0 unspecified atom stereocenters. The molecule has 0 bridgehead atoms. The van der Waals surface area contributed by atoms with E-state index in [4.69, 9.17) is 4.98 Å². The van der Waals surface area contributed by atoms with Gasteiger partial charge in [-0.05, 0) is 55.0 Å². The van der Waals surface area contributed by atoms with Crippen LogP contribution in [0.4, 0.5) is 11.4 Å². The van der Waals surface area contributed by atoms with Crippen molar-refractivity contribution in [3.63, 3.8) is 0 Å². The van der Waals surface area contributed by atoms with Crippen LogP contribution in [0.5, 0.6) is 5.75 Å². The Labute approximate surface area is 162 Å². The molecule has 0 saturated carbocycles. The Morgan fingerprint density at radius 1 is 0.852 bits per heavy atom. The normalized spacial score (nSPS) is 10.8. The smallest absolute Gasteiger partial charge is 0.143 e. The summed E-state index contributed by atoms with van der Waals surface area (Å²) in [5, 5.41) is 19.0. The summed E-state index contributed by atoms with van der Waals surface area (Å²) in [4.78, 5) is 4.75. The van der Waals surface area contributed by atoms with E-state index in [2.05, 4.69) is 35.4 Å². The molecule has 1 N–H and O–H groups in total. The van der Waals surface area contributed by atoms with Crippen LogP contribution in [0.15, 0.2) is 77.0 Å². The molecule has 4 nitrogen and oxygen atoms in total. The standard InChI is InChI=1S/C20H15N3OS.C2H6/c1-13-5-4-8-18-19(13)21-20(25-18)14-9-11-15(12-10-14)22-23-16-6-2-3-7-17(16)24;1-2/h2-12,24H,1H3;1-2H3. The molecule has 3 aromatic carbocycles. The zero-order valence-corrected chi connectivity index (χ0v) is 16.4. The second-order valence-corrected chi connectivity index (χ2v) is 6.71. The summed E-state index contributed by atoms with van der Waals surface area (Å²) in [5.74, 6) is 0.118. The summed E-state index contributed by atoms with van der Waals surface area (Å²) in [5.41, 5.74) is 4.48. The predicted molar refractivity (Wildman–Crippen MR) is 113 cm³/mol. The summed E-state index contributed by atoms with van der Waals surface area (Å²) >= 11 is 1.68. The van der Waals surface area contributed by atoms with Crippen molar-refractivity contribution in [2.75, 3.05) is 0 Å². The van der Waals surface area contributed by atoms with E-state index < -0.39 is 0 Å². The van der Waals surface area contributed by atoms with Gasteiger partial charge in [-0.2, -0.15) is 5.11 Å². The number of aromatic hydroxyl groups is 1. The second kappa shape index (κ2) is 8.56. The third kappa shape index (κ3) is 4.20. The summed E-state index contributed by atoms with van der Waals surface area (Å²) in [6, 6.07) is 20.9. The van der Waals surface area contributed by atoms with Gasteiger partial charge in [-0.1, -0.05) is 38.1 Å². The lowest BCUT2D eigenvalue weighted by Crippen LogP contribution is -1.77. The maximum atomic E-state index is 9.71. The Balaban J connectivity index is 0.00000102. The molecule has 5 heteroatoms. The molecule has 0 aliphatic heterocycles. The number of phenols is 1. The molecular weight excluding hydrogens is 354 g/mol. The van der Waals surface area contributed by atoms with Crippen LogP contribution < -0.4 is 0 Å². The van der Waals surface area contributed by atoms with Gasteiger partial charge in [0.05, 0.1) is 15.9 Å². The quantitative estimate of drug-likeness (QED) is 0.379. The molecule has 0 aliphatic rings. The number of phenolic OH excluding ortho intramolecular Hbond substituents is 1. The van der Waals surface area contributed by atoms with Gasteiger partial charge in [-0.3, -0.25) is 0 Å². The second-order valence-electron chi connectivity index (χ2n) is 5.68. The lowest BCUT2D eigenvalue weighted by atomic mass is 10.2. The van der Waals surface area contributed by atoms with Gasteiger partial charge >= 0.3 is 0 Å². The number of para-hydroxylation sites is 2. The van der Waals surface area contributed by atoms with Crippen molar-refractivity contribution in [1.82, 2.24) is 4.98 Å². The Morgan fingerprint density at radius 2 is 1.59 bits per heavy atom. The highest BCUT2D eigenvalue weighted by atomic mass is 32.1. The average Bonchev–Trinajstić information content (AvgIpc) is 3.15. The first kappa shape index (κ1) is 18.7. The van der Waals surface area contributed by atoms with Crippen LogP contribution in [0.3, 0.4) is 0 Å². The molecule has 4 rings (SSSR count). The zero-order valence-electron chi connectivity index (χ0n) is 15.5. The van der Waals surface area contributed by atoms with Gasteiger partial charge in [0.2, 0.25) is 0 Å². The van der Waals surface area contributed by atoms with Crippen molar-refractivity contribution in [3.8, 4) is 16.3 Å². The minimum absolute atomic E-state index is 0.118. The first-order valence-electron chi connectivity index (χ1n) is 8.87. The molecule has 0 aliphatic carbocycles. The first-order chi connectivity index (χ1) is 13.2. The van der Waals surface area contributed by atoms with Gasteiger partial charge in [0, 0.05) is 5.56 Å². The van der Waals surface area contributed by atoms with Crippen molar-refractivity contribution in [2.45, 2.75) is 20.8 Å². The van der Waals surface area contributed by atoms with E-state index in [1.54, 1.807) is 29.5 Å². The van der Waals surface area contributed by atoms with Gasteiger partial charge in [-0.15, -0.1) is 16.5 Å². The zero-order chi connectivity index (χ0) is 19.2. The number of rotatable bonds is 3. The number of hydrogen-bond acceptors (Lipinski definition) is 5. The average molecular weight is 375 g/mol. The van der Waals surface area contributed by atoms with E-state index in [9.17, 15) is 5.11 Å². The third-order valence-electron chi connectivity index (χ3n) is 3.89. The Kier molecular flexibility index (Phi) is 5.94. The monoisotopic (exact) mass is 375 g/mol. The Bertz CT molecular complexity index is 1070. The van der Waals surface area contributed by atoms with Crippen molar-refractivity contribution in [2.24, 2.45) is 10.2 Å². The molecule has 4 aromatic rings. The molecule has 136 valence electrons. The number of aromatic nitrogens is 1. The molecule has 0 atom stereocenters. The van der Waals surface area contributed by atoms with Crippen LogP contribution in [0, 0.1) is 6.92 Å². The number of hydrogen-bond donors (Lipinski definition) is 1. The van der Waals surface area contributed by atoms with E-state index in [0.717, 1.165) is 21.8 Å². The van der Waals surface area contributed by atoms with Gasteiger partial charge in [0.25, 0.3) is 0 Å². The highest BCUT2D eigenvalue weighted by Crippen LogP contribution is 2.33. The fourth-order valence-electron chi connectivity index (χ4n) is 2.54. The molecule has 1 heterocycles. The molecular formula is C22H21N3OS. The summed E-state index contributed by atoms with van der Waals surface area (Å²) in [6.45, 7) is 6.08. The number of thiazole rings is 1. The molecule has 27 heavy (non-hydrogen) atoms. The van der Waals surface area contributed by atoms with Crippen LogP contribution in [0.1, 0.15) is 19.4 Å². The fourth-order valence-corrected chi connectivity index (χ4v) is 3.59. The number of nitrogens with zero attached hydrogens (tertiary/aromatic N) is 3. The summed E-state index contributed by atoms with van der Waals surface area (Å²) in [7, 11) is 0. The third-order valence-corrected chi connectivity index (χ3v) is 4.96. The van der Waals surface area contributed by atoms with Crippen LogP contribution in [-0.4, -0.2) is 10.1 Å². The van der Waals surface area contributed by atoms with Crippen LogP contribution in [0.25, 0.3) is 20.8 Å². The molecule has 0 spiro atoms. The van der Waals surface area contributed by atoms with Gasteiger partial charge in [-0.25, -0.2) is 4.98 Å². The minimum atomic E-state index is 0.118. The van der Waals surface area contributed by atoms with E-state index in [1.807, 2.05) is 44.2 Å². The molecule has 0 radical (unpaired) electrons. The summed E-state index contributed by atoms with van der Waals surface area (Å²) < 4.78 is 1.19. The predicted octanol–water partition coefficient (Wildman–Crippen LogP) is 7.42. The van der Waals surface area contributed by atoms with Crippen LogP contribution in [-0.2, 0) is 0 Å². The largest absolute Gasteiger partial charge is 0.506 e. The topological polar surface area (TPSA) is 57.8 Å². The summed E-state index contributed by atoms with van der Waals surface area (Å²) in [6.07, 6.45) is 0. The molecule has 1 aromatic heterocycles. The number of aryl methyl sites for hydroxylation is 1. The van der Waals surface area contributed by atoms with E-state index in [1.165, 1.54) is 10.3 Å². The van der Waals surface area contributed by atoms with Crippen LogP contribution in [0.2, 0.25) is 0 Å². The maximum absolute atomic E-state index is 9.71. The van der Waals surface area contributed by atoms with Gasteiger partial charge in [0.15, 0.2) is 0 Å². The van der Waals surface area contributed by atoms with Crippen molar-refractivity contribution >= 4 is 32.9 Å². The van der Waals surface area contributed by atoms with Crippen molar-refractivity contribution in [3.05, 3.63) is 72.3 Å². The minimum Gasteiger partial charge on any atom is -0.506 e. The van der Waals surface area contributed by atoms with E-state index in [0.29, 0.717) is 5.69 Å². The molecule has 0 fully saturated rings. The number of azo groups is 1. The molecule has 0 amide bonds. The van der Waals surface area contributed by atoms with Gasteiger partial charge in [0.1, 0.15) is 16.4 Å². The highest BCUT2D eigenvalue weighted by molar-refractivity contribution is 7.21.